The highest BCUT2D eigenvalue weighted by molar-refractivity contribution is 6.30. The minimum absolute atomic E-state index is 0.213. The molecule has 0 saturated carbocycles. The summed E-state index contributed by atoms with van der Waals surface area (Å²) >= 11 is 5.97. The zero-order chi connectivity index (χ0) is 17.0. The van der Waals surface area contributed by atoms with E-state index in [0.717, 1.165) is 16.9 Å². The van der Waals surface area contributed by atoms with Gasteiger partial charge in [0, 0.05) is 5.02 Å². The first-order valence-corrected chi connectivity index (χ1v) is 7.54. The molecule has 0 amide bonds. The molecule has 0 aliphatic carbocycles. The van der Waals surface area contributed by atoms with Crippen LogP contribution in [0.4, 0.5) is 0 Å². The Morgan fingerprint density at radius 1 is 1.22 bits per heavy atom. The lowest BCUT2D eigenvalue weighted by Crippen LogP contribution is -2.16. The Morgan fingerprint density at radius 3 is 2.65 bits per heavy atom. The van der Waals surface area contributed by atoms with E-state index in [9.17, 15) is 9.90 Å². The van der Waals surface area contributed by atoms with Gasteiger partial charge in [-0.05, 0) is 54.3 Å². The summed E-state index contributed by atoms with van der Waals surface area (Å²) in [6.07, 6.45) is -1.39. The second kappa shape index (κ2) is 7.49. The molecule has 0 aliphatic rings. The number of aliphatic hydroxyl groups is 1. The smallest absolute Gasteiger partial charge is 0.339 e. The van der Waals surface area contributed by atoms with Gasteiger partial charge in [-0.15, -0.1) is 0 Å². The second-order valence-electron chi connectivity index (χ2n) is 5.33. The standard InChI is InChI=1S/C18H19ClO4/c1-11-4-5-12(2)16(8-11)23-10-13-6-7-14(19)9-15(13)17(20)18(21)22-3/h4-9,17,20H,10H2,1-3H3. The van der Waals surface area contributed by atoms with Crippen LogP contribution >= 0.6 is 11.6 Å². The molecule has 4 nitrogen and oxygen atoms in total. The number of methoxy groups -OCH3 is 1. The van der Waals surface area contributed by atoms with Crippen LogP contribution in [0.1, 0.15) is 28.4 Å². The fourth-order valence-electron chi connectivity index (χ4n) is 2.21. The molecule has 0 aromatic heterocycles. The Kier molecular flexibility index (Phi) is 5.64. The molecule has 0 spiro atoms. The molecule has 2 aromatic rings. The fourth-order valence-corrected chi connectivity index (χ4v) is 2.39. The van der Waals surface area contributed by atoms with Crippen molar-refractivity contribution in [2.75, 3.05) is 7.11 Å². The fraction of sp³-hybridized carbons (Fsp3) is 0.278. The molecule has 0 saturated heterocycles. The minimum Gasteiger partial charge on any atom is -0.489 e. The van der Waals surface area contributed by atoms with Crippen molar-refractivity contribution >= 4 is 17.6 Å². The third-order valence-electron chi connectivity index (χ3n) is 3.55. The first-order valence-electron chi connectivity index (χ1n) is 7.16. The van der Waals surface area contributed by atoms with Crippen LogP contribution in [0.2, 0.25) is 5.02 Å². The number of hydrogen-bond donors (Lipinski definition) is 1. The quantitative estimate of drug-likeness (QED) is 0.846. The van der Waals surface area contributed by atoms with Crippen molar-refractivity contribution in [3.8, 4) is 5.75 Å². The average molecular weight is 335 g/mol. The largest absolute Gasteiger partial charge is 0.489 e. The topological polar surface area (TPSA) is 55.8 Å². The molecule has 0 radical (unpaired) electrons. The van der Waals surface area contributed by atoms with E-state index < -0.39 is 12.1 Å². The Morgan fingerprint density at radius 2 is 1.96 bits per heavy atom. The van der Waals surface area contributed by atoms with Crippen LogP contribution in [0.5, 0.6) is 5.75 Å². The summed E-state index contributed by atoms with van der Waals surface area (Å²) in [5.41, 5.74) is 3.17. The second-order valence-corrected chi connectivity index (χ2v) is 5.76. The van der Waals surface area contributed by atoms with Crippen molar-refractivity contribution < 1.29 is 19.4 Å². The van der Waals surface area contributed by atoms with Gasteiger partial charge in [0.2, 0.25) is 0 Å². The number of aryl methyl sites for hydroxylation is 2. The minimum atomic E-state index is -1.39. The summed E-state index contributed by atoms with van der Waals surface area (Å²) < 4.78 is 10.4. The molecular weight excluding hydrogens is 316 g/mol. The zero-order valence-electron chi connectivity index (χ0n) is 13.3. The van der Waals surface area contributed by atoms with E-state index in [1.807, 2.05) is 32.0 Å². The normalized spacial score (nSPS) is 11.9. The van der Waals surface area contributed by atoms with Gasteiger partial charge in [0.25, 0.3) is 0 Å². The lowest BCUT2D eigenvalue weighted by molar-refractivity contribution is -0.150. The van der Waals surface area contributed by atoms with Gasteiger partial charge in [0.15, 0.2) is 6.10 Å². The molecule has 1 atom stereocenters. The van der Waals surface area contributed by atoms with Crippen molar-refractivity contribution in [3.63, 3.8) is 0 Å². The number of ether oxygens (including phenoxy) is 2. The highest BCUT2D eigenvalue weighted by atomic mass is 35.5. The number of benzene rings is 2. The van der Waals surface area contributed by atoms with Crippen molar-refractivity contribution in [2.24, 2.45) is 0 Å². The molecule has 1 unspecified atom stereocenters. The number of hydrogen-bond acceptors (Lipinski definition) is 4. The molecule has 5 heteroatoms. The van der Waals surface area contributed by atoms with Gasteiger partial charge in [0.1, 0.15) is 12.4 Å². The number of esters is 1. The Bertz CT molecular complexity index is 712. The highest BCUT2D eigenvalue weighted by Crippen LogP contribution is 2.26. The summed E-state index contributed by atoms with van der Waals surface area (Å²) in [7, 11) is 1.22. The molecule has 2 aromatic carbocycles. The maximum Gasteiger partial charge on any atom is 0.339 e. The molecule has 23 heavy (non-hydrogen) atoms. The van der Waals surface area contributed by atoms with E-state index in [1.54, 1.807) is 18.2 Å². The van der Waals surface area contributed by atoms with Crippen LogP contribution in [0, 0.1) is 13.8 Å². The maximum absolute atomic E-state index is 11.6. The summed E-state index contributed by atoms with van der Waals surface area (Å²) in [6.45, 7) is 4.16. The molecule has 122 valence electrons. The Labute approximate surface area is 140 Å². The van der Waals surface area contributed by atoms with Crippen LogP contribution in [-0.4, -0.2) is 18.2 Å². The first-order chi connectivity index (χ1) is 10.9. The van der Waals surface area contributed by atoms with Gasteiger partial charge in [-0.25, -0.2) is 4.79 Å². The van der Waals surface area contributed by atoms with E-state index in [2.05, 4.69) is 4.74 Å². The van der Waals surface area contributed by atoms with E-state index in [-0.39, 0.29) is 6.61 Å². The first kappa shape index (κ1) is 17.3. The maximum atomic E-state index is 11.6. The van der Waals surface area contributed by atoms with E-state index in [4.69, 9.17) is 16.3 Å². The lowest BCUT2D eigenvalue weighted by atomic mass is 10.0. The molecule has 1 N–H and O–H groups in total. The molecule has 0 heterocycles. The van der Waals surface area contributed by atoms with Crippen molar-refractivity contribution in [1.29, 1.82) is 0 Å². The third-order valence-corrected chi connectivity index (χ3v) is 3.79. The number of carbonyl (C=O) groups is 1. The summed E-state index contributed by atoms with van der Waals surface area (Å²) in [5.74, 6) is 0.0266. The number of rotatable bonds is 5. The zero-order valence-corrected chi connectivity index (χ0v) is 14.1. The SMILES string of the molecule is COC(=O)C(O)c1cc(Cl)ccc1COc1cc(C)ccc1C. The Hall–Kier alpha value is -2.04. The van der Waals surface area contributed by atoms with Gasteiger partial charge < -0.3 is 14.6 Å². The molecule has 0 fully saturated rings. The third kappa shape index (κ3) is 4.24. The highest BCUT2D eigenvalue weighted by Gasteiger charge is 2.21. The summed E-state index contributed by atoms with van der Waals surface area (Å²) in [5, 5.41) is 10.5. The van der Waals surface area contributed by atoms with E-state index in [1.165, 1.54) is 7.11 Å². The average Bonchev–Trinajstić information content (AvgIpc) is 2.55. The summed E-state index contributed by atoms with van der Waals surface area (Å²) in [6, 6.07) is 10.9. The van der Waals surface area contributed by atoms with Crippen LogP contribution < -0.4 is 4.74 Å². The Balaban J connectivity index is 2.26. The molecular formula is C18H19ClO4. The van der Waals surface area contributed by atoms with Crippen molar-refractivity contribution in [1.82, 2.24) is 0 Å². The molecule has 2 rings (SSSR count). The van der Waals surface area contributed by atoms with E-state index in [0.29, 0.717) is 16.1 Å². The molecule has 0 aliphatic heterocycles. The van der Waals surface area contributed by atoms with Gasteiger partial charge in [0.05, 0.1) is 7.11 Å². The van der Waals surface area contributed by atoms with E-state index >= 15 is 0 Å². The lowest BCUT2D eigenvalue weighted by Gasteiger charge is -2.16. The van der Waals surface area contributed by atoms with Gasteiger partial charge in [-0.3, -0.25) is 0 Å². The van der Waals surface area contributed by atoms with Gasteiger partial charge in [-0.1, -0.05) is 29.8 Å². The monoisotopic (exact) mass is 334 g/mol. The van der Waals surface area contributed by atoms with Crippen molar-refractivity contribution in [2.45, 2.75) is 26.6 Å². The van der Waals surface area contributed by atoms with Crippen LogP contribution in [0.3, 0.4) is 0 Å². The van der Waals surface area contributed by atoms with Crippen LogP contribution in [0.25, 0.3) is 0 Å². The van der Waals surface area contributed by atoms with Crippen LogP contribution in [0.15, 0.2) is 36.4 Å². The number of aliphatic hydroxyl groups excluding tert-OH is 1. The molecule has 0 bridgehead atoms. The predicted octanol–water partition coefficient (Wildman–Crippen LogP) is 3.74. The number of carbonyl (C=O) groups excluding carboxylic acids is 1. The summed E-state index contributed by atoms with van der Waals surface area (Å²) in [4.78, 5) is 11.6. The van der Waals surface area contributed by atoms with Crippen LogP contribution in [-0.2, 0) is 16.1 Å². The van der Waals surface area contributed by atoms with Crippen molar-refractivity contribution in [3.05, 3.63) is 63.7 Å². The number of halogens is 1. The predicted molar refractivity (Wildman–Crippen MR) is 88.7 cm³/mol. The van der Waals surface area contributed by atoms with Gasteiger partial charge >= 0.3 is 5.97 Å². The van der Waals surface area contributed by atoms with Gasteiger partial charge in [-0.2, -0.15) is 0 Å².